The molecular weight excluding hydrogens is 470 g/mol. The van der Waals surface area contributed by atoms with Crippen LogP contribution in [0.1, 0.15) is 45.0 Å². The van der Waals surface area contributed by atoms with Crippen LogP contribution in [0, 0.1) is 32.1 Å². The van der Waals surface area contributed by atoms with Gasteiger partial charge in [0, 0.05) is 17.3 Å². The number of carbonyl (C=O) groups is 1. The van der Waals surface area contributed by atoms with Crippen LogP contribution in [0.15, 0.2) is 24.4 Å². The molecule has 0 aliphatic carbocycles. The van der Waals surface area contributed by atoms with Crippen molar-refractivity contribution in [2.24, 2.45) is 0 Å². The third-order valence-corrected chi connectivity index (χ3v) is 5.98. The SMILES string of the molecule is COC(=O)c1c(N)n(-c2c(C)ccc(OC)c2C)c2nc(C(F)F)nc(-c3ccnc(C)c3C#N)c12. The van der Waals surface area contributed by atoms with Crippen LogP contribution in [0.25, 0.3) is 28.0 Å². The third-order valence-electron chi connectivity index (χ3n) is 5.98. The van der Waals surface area contributed by atoms with E-state index in [1.165, 1.54) is 31.0 Å². The van der Waals surface area contributed by atoms with E-state index in [1.54, 1.807) is 32.9 Å². The van der Waals surface area contributed by atoms with Gasteiger partial charge in [0.05, 0.1) is 42.2 Å². The minimum Gasteiger partial charge on any atom is -0.496 e. The topological polar surface area (TPSA) is 129 Å². The number of nitrogens with zero attached hydrogens (tertiary/aromatic N) is 5. The van der Waals surface area contributed by atoms with Crippen molar-refractivity contribution in [3.8, 4) is 28.8 Å². The van der Waals surface area contributed by atoms with Crippen LogP contribution < -0.4 is 10.5 Å². The van der Waals surface area contributed by atoms with Gasteiger partial charge in [0.15, 0.2) is 11.5 Å². The van der Waals surface area contributed by atoms with Crippen LogP contribution in [-0.4, -0.2) is 39.7 Å². The first-order chi connectivity index (χ1) is 17.2. The van der Waals surface area contributed by atoms with Crippen molar-refractivity contribution >= 4 is 22.8 Å². The van der Waals surface area contributed by atoms with Gasteiger partial charge in [-0.05, 0) is 38.5 Å². The van der Waals surface area contributed by atoms with Gasteiger partial charge in [0.25, 0.3) is 6.43 Å². The Bertz CT molecular complexity index is 1570. The number of pyridine rings is 1. The number of aryl methyl sites for hydroxylation is 2. The van der Waals surface area contributed by atoms with Gasteiger partial charge in [-0.2, -0.15) is 5.26 Å². The van der Waals surface area contributed by atoms with E-state index in [2.05, 4.69) is 15.0 Å². The Morgan fingerprint density at radius 1 is 1.17 bits per heavy atom. The van der Waals surface area contributed by atoms with Crippen LogP contribution in [0.2, 0.25) is 0 Å². The fourth-order valence-electron chi connectivity index (χ4n) is 4.33. The first-order valence-electron chi connectivity index (χ1n) is 10.7. The lowest BCUT2D eigenvalue weighted by Crippen LogP contribution is -2.09. The van der Waals surface area contributed by atoms with Crippen molar-refractivity contribution in [1.29, 1.82) is 5.26 Å². The summed E-state index contributed by atoms with van der Waals surface area (Å²) in [6.07, 6.45) is -1.61. The number of hydrogen-bond acceptors (Lipinski definition) is 8. The van der Waals surface area contributed by atoms with Gasteiger partial charge in [0.1, 0.15) is 23.2 Å². The molecule has 1 aromatic carbocycles. The molecule has 0 saturated carbocycles. The Kier molecular flexibility index (Phi) is 6.28. The number of methoxy groups -OCH3 is 2. The minimum absolute atomic E-state index is 0.0361. The summed E-state index contributed by atoms with van der Waals surface area (Å²) >= 11 is 0. The summed E-state index contributed by atoms with van der Waals surface area (Å²) in [4.78, 5) is 25.3. The van der Waals surface area contributed by atoms with E-state index in [9.17, 15) is 18.8 Å². The summed E-state index contributed by atoms with van der Waals surface area (Å²) in [5.74, 6) is -1.16. The van der Waals surface area contributed by atoms with Crippen molar-refractivity contribution in [2.75, 3.05) is 20.0 Å². The molecule has 3 aromatic heterocycles. The molecule has 4 aromatic rings. The number of hydrogen-bond donors (Lipinski definition) is 1. The number of aromatic nitrogens is 4. The molecule has 0 fully saturated rings. The molecule has 3 heterocycles. The maximum atomic E-state index is 14.0. The zero-order valence-corrected chi connectivity index (χ0v) is 20.2. The van der Waals surface area contributed by atoms with Crippen LogP contribution in [0.3, 0.4) is 0 Å². The van der Waals surface area contributed by atoms with E-state index in [1.807, 2.05) is 6.07 Å². The predicted molar refractivity (Wildman–Crippen MR) is 128 cm³/mol. The van der Waals surface area contributed by atoms with Crippen molar-refractivity contribution in [2.45, 2.75) is 27.2 Å². The normalized spacial score (nSPS) is 11.1. The quantitative estimate of drug-likeness (QED) is 0.401. The summed E-state index contributed by atoms with van der Waals surface area (Å²) < 4.78 is 39.9. The van der Waals surface area contributed by atoms with E-state index in [0.29, 0.717) is 22.7 Å². The zero-order chi connectivity index (χ0) is 26.3. The number of carbonyl (C=O) groups excluding carboxylic acids is 1. The standard InChI is InChI=1S/C25H22F2N6O3/c1-11-6-7-16(35-4)12(2)20(11)33-22(29)18(25(34)36-5)17-19(31-23(21(26)27)32-24(17)33)14-8-9-30-13(3)15(14)10-28/h6-9,21H,29H2,1-5H3. The molecule has 0 aliphatic rings. The van der Waals surface area contributed by atoms with Crippen molar-refractivity contribution in [3.63, 3.8) is 0 Å². The molecule has 4 rings (SSSR count). The average molecular weight is 492 g/mol. The van der Waals surface area contributed by atoms with Gasteiger partial charge in [-0.1, -0.05) is 6.07 Å². The van der Waals surface area contributed by atoms with Gasteiger partial charge in [-0.15, -0.1) is 0 Å². The lowest BCUT2D eigenvalue weighted by Gasteiger charge is -2.17. The molecule has 0 spiro atoms. The molecule has 0 atom stereocenters. The summed E-state index contributed by atoms with van der Waals surface area (Å²) in [6.45, 7) is 5.19. The highest BCUT2D eigenvalue weighted by molar-refractivity contribution is 6.13. The number of alkyl halides is 2. The lowest BCUT2D eigenvalue weighted by atomic mass is 10.0. The second kappa shape index (κ2) is 9.22. The third kappa shape index (κ3) is 3.67. The smallest absolute Gasteiger partial charge is 0.342 e. The van der Waals surface area contributed by atoms with Crippen molar-refractivity contribution in [1.82, 2.24) is 19.5 Å². The number of benzene rings is 1. The number of fused-ring (bicyclic) bond motifs is 1. The average Bonchev–Trinajstić information content (AvgIpc) is 3.14. The maximum Gasteiger partial charge on any atom is 0.342 e. The first kappa shape index (κ1) is 24.5. The number of esters is 1. The molecule has 184 valence electrons. The zero-order valence-electron chi connectivity index (χ0n) is 20.2. The molecule has 2 N–H and O–H groups in total. The second-order valence-electron chi connectivity index (χ2n) is 8.01. The Labute approximate surface area is 205 Å². The largest absolute Gasteiger partial charge is 0.496 e. The van der Waals surface area contributed by atoms with E-state index in [-0.39, 0.29) is 39.2 Å². The van der Waals surface area contributed by atoms with Crippen LogP contribution in [-0.2, 0) is 4.74 Å². The van der Waals surface area contributed by atoms with Gasteiger partial charge in [-0.3, -0.25) is 9.55 Å². The maximum absolute atomic E-state index is 14.0. The van der Waals surface area contributed by atoms with Crippen LogP contribution in [0.4, 0.5) is 14.6 Å². The number of nitrogens with two attached hydrogens (primary N) is 1. The number of nitriles is 1. The Morgan fingerprint density at radius 2 is 1.89 bits per heavy atom. The summed E-state index contributed by atoms with van der Waals surface area (Å²) in [5.41, 5.74) is 8.89. The molecule has 0 radical (unpaired) electrons. The van der Waals surface area contributed by atoms with Gasteiger partial charge in [0.2, 0.25) is 0 Å². The van der Waals surface area contributed by atoms with Crippen molar-refractivity contribution < 1.29 is 23.0 Å². The van der Waals surface area contributed by atoms with E-state index in [4.69, 9.17) is 15.2 Å². The number of rotatable bonds is 5. The van der Waals surface area contributed by atoms with Gasteiger partial charge >= 0.3 is 5.97 Å². The monoisotopic (exact) mass is 492 g/mol. The highest BCUT2D eigenvalue weighted by Gasteiger charge is 2.31. The van der Waals surface area contributed by atoms with Gasteiger partial charge in [-0.25, -0.2) is 23.5 Å². The molecule has 9 nitrogen and oxygen atoms in total. The minimum atomic E-state index is -3.04. The van der Waals surface area contributed by atoms with Crippen molar-refractivity contribution in [3.05, 3.63) is 58.2 Å². The molecule has 36 heavy (non-hydrogen) atoms. The van der Waals surface area contributed by atoms with Gasteiger partial charge < -0.3 is 15.2 Å². The lowest BCUT2D eigenvalue weighted by molar-refractivity contribution is 0.0604. The van der Waals surface area contributed by atoms with E-state index < -0.39 is 18.2 Å². The molecule has 11 heteroatoms. The Hall–Kier alpha value is -4.59. The highest BCUT2D eigenvalue weighted by atomic mass is 19.3. The highest BCUT2D eigenvalue weighted by Crippen LogP contribution is 2.41. The predicted octanol–water partition coefficient (Wildman–Crippen LogP) is 4.59. The molecular formula is C25H22F2N6O3. The van der Waals surface area contributed by atoms with E-state index >= 15 is 0 Å². The molecule has 0 bridgehead atoms. The Balaban J connectivity index is 2.30. The molecule has 0 saturated heterocycles. The number of anilines is 1. The fourth-order valence-corrected chi connectivity index (χ4v) is 4.33. The van der Waals surface area contributed by atoms with Crippen LogP contribution in [0.5, 0.6) is 5.75 Å². The second-order valence-corrected chi connectivity index (χ2v) is 8.01. The fraction of sp³-hybridized carbons (Fsp3) is 0.240. The number of nitrogen functional groups attached to an aromatic ring is 1. The van der Waals surface area contributed by atoms with E-state index in [0.717, 1.165) is 5.56 Å². The number of ether oxygens (including phenoxy) is 2. The number of halogens is 2. The molecule has 0 amide bonds. The Morgan fingerprint density at radius 3 is 2.50 bits per heavy atom. The summed E-state index contributed by atoms with van der Waals surface area (Å²) in [5, 5.41) is 9.86. The first-order valence-corrected chi connectivity index (χ1v) is 10.7. The van der Waals surface area contributed by atoms with Crippen LogP contribution >= 0.6 is 0 Å². The molecule has 0 unspecified atom stereocenters. The molecule has 0 aliphatic heterocycles. The summed E-state index contributed by atoms with van der Waals surface area (Å²) in [6, 6.07) is 7.06. The summed E-state index contributed by atoms with van der Waals surface area (Å²) in [7, 11) is 2.68.